The Bertz CT molecular complexity index is 1190. The van der Waals surface area contributed by atoms with Crippen LogP contribution >= 0.6 is 11.8 Å². The van der Waals surface area contributed by atoms with Crippen molar-refractivity contribution in [2.24, 2.45) is 5.92 Å². The summed E-state index contributed by atoms with van der Waals surface area (Å²) in [5.74, 6) is -0.517. The van der Waals surface area contributed by atoms with Crippen LogP contribution in [0, 0.1) is 19.8 Å². The van der Waals surface area contributed by atoms with Crippen molar-refractivity contribution < 1.29 is 9.59 Å². The lowest BCUT2D eigenvalue weighted by Crippen LogP contribution is -2.20. The SMILES string of the molecule is Cc1cc(C)cc(NC(=O)CSc2nnc(-c3ccccc3NC(=O)C(C)C)c(=O)[nH]2)c1. The second-order valence-corrected chi connectivity index (χ2v) is 8.67. The van der Waals surface area contributed by atoms with Gasteiger partial charge in [-0.05, 0) is 43.2 Å². The number of carbonyl (C=O) groups is 2. The summed E-state index contributed by atoms with van der Waals surface area (Å²) in [4.78, 5) is 39.6. The van der Waals surface area contributed by atoms with Crippen LogP contribution in [0.4, 0.5) is 11.4 Å². The van der Waals surface area contributed by atoms with E-state index in [1.807, 2.05) is 32.0 Å². The summed E-state index contributed by atoms with van der Waals surface area (Å²) in [6, 6.07) is 12.7. The number of amides is 2. The third-order valence-electron chi connectivity index (χ3n) is 4.49. The molecule has 0 saturated heterocycles. The van der Waals surface area contributed by atoms with Crippen molar-refractivity contribution in [3.8, 4) is 11.3 Å². The maximum atomic E-state index is 12.6. The first-order valence-electron chi connectivity index (χ1n) is 10.1. The maximum Gasteiger partial charge on any atom is 0.278 e. The fourth-order valence-corrected chi connectivity index (χ4v) is 3.62. The highest BCUT2D eigenvalue weighted by Gasteiger charge is 2.15. The molecule has 0 bridgehead atoms. The maximum absolute atomic E-state index is 12.6. The van der Waals surface area contributed by atoms with Gasteiger partial charge in [0, 0.05) is 17.2 Å². The average Bonchev–Trinajstić information content (AvgIpc) is 2.72. The third kappa shape index (κ3) is 6.04. The van der Waals surface area contributed by atoms with Crippen LogP contribution in [0.3, 0.4) is 0 Å². The zero-order chi connectivity index (χ0) is 23.3. The normalized spacial score (nSPS) is 10.8. The van der Waals surface area contributed by atoms with Gasteiger partial charge < -0.3 is 10.6 Å². The second kappa shape index (κ2) is 10.2. The summed E-state index contributed by atoms with van der Waals surface area (Å²) in [6.45, 7) is 7.50. The lowest BCUT2D eigenvalue weighted by atomic mass is 10.1. The zero-order valence-corrected chi connectivity index (χ0v) is 19.2. The van der Waals surface area contributed by atoms with E-state index in [1.165, 1.54) is 0 Å². The van der Waals surface area contributed by atoms with Crippen LogP contribution in [-0.2, 0) is 9.59 Å². The molecule has 9 heteroatoms. The molecule has 3 rings (SSSR count). The molecule has 3 N–H and O–H groups in total. The lowest BCUT2D eigenvalue weighted by Gasteiger charge is -2.11. The van der Waals surface area contributed by atoms with E-state index in [0.717, 1.165) is 28.6 Å². The highest BCUT2D eigenvalue weighted by Crippen LogP contribution is 2.24. The van der Waals surface area contributed by atoms with E-state index < -0.39 is 5.56 Å². The Labute approximate surface area is 190 Å². The number of thioether (sulfide) groups is 1. The number of para-hydroxylation sites is 1. The quantitative estimate of drug-likeness (QED) is 0.471. The van der Waals surface area contributed by atoms with Crippen molar-refractivity contribution in [2.45, 2.75) is 32.9 Å². The Morgan fingerprint density at radius 3 is 2.38 bits per heavy atom. The van der Waals surface area contributed by atoms with Crippen LogP contribution in [0.25, 0.3) is 11.3 Å². The highest BCUT2D eigenvalue weighted by molar-refractivity contribution is 7.99. The molecule has 1 aromatic heterocycles. The van der Waals surface area contributed by atoms with Gasteiger partial charge in [-0.25, -0.2) is 0 Å². The number of carbonyl (C=O) groups excluding carboxylic acids is 2. The summed E-state index contributed by atoms with van der Waals surface area (Å²) < 4.78 is 0. The molecule has 0 aliphatic carbocycles. The molecular weight excluding hydrogens is 426 g/mol. The molecule has 0 radical (unpaired) electrons. The first kappa shape index (κ1) is 23.2. The smallest absolute Gasteiger partial charge is 0.278 e. The summed E-state index contributed by atoms with van der Waals surface area (Å²) in [6.07, 6.45) is 0. The van der Waals surface area contributed by atoms with Crippen molar-refractivity contribution in [2.75, 3.05) is 16.4 Å². The summed E-state index contributed by atoms with van der Waals surface area (Å²) in [5, 5.41) is 14.0. The minimum Gasteiger partial charge on any atom is -0.325 e. The van der Waals surface area contributed by atoms with Crippen LogP contribution in [-0.4, -0.2) is 32.7 Å². The minimum atomic E-state index is -0.455. The molecule has 3 aromatic rings. The number of rotatable bonds is 7. The minimum absolute atomic E-state index is 0.0674. The van der Waals surface area contributed by atoms with E-state index >= 15 is 0 Å². The van der Waals surface area contributed by atoms with E-state index in [0.29, 0.717) is 11.3 Å². The molecular formula is C23H25N5O3S. The van der Waals surface area contributed by atoms with Gasteiger partial charge in [0.05, 0.1) is 11.4 Å². The summed E-state index contributed by atoms with van der Waals surface area (Å²) in [7, 11) is 0. The number of H-pyrrole nitrogens is 1. The molecule has 32 heavy (non-hydrogen) atoms. The third-order valence-corrected chi connectivity index (χ3v) is 5.35. The first-order chi connectivity index (χ1) is 15.2. The summed E-state index contributed by atoms with van der Waals surface area (Å²) in [5.41, 5.74) is 3.44. The van der Waals surface area contributed by atoms with Gasteiger partial charge in [-0.2, -0.15) is 0 Å². The number of nitrogens with one attached hydrogen (secondary N) is 3. The molecule has 0 spiro atoms. The largest absolute Gasteiger partial charge is 0.325 e. The number of hydrogen-bond donors (Lipinski definition) is 3. The fraction of sp³-hybridized carbons (Fsp3) is 0.261. The van der Waals surface area contributed by atoms with Gasteiger partial charge in [0.1, 0.15) is 0 Å². The lowest BCUT2D eigenvalue weighted by molar-refractivity contribution is -0.119. The van der Waals surface area contributed by atoms with E-state index in [-0.39, 0.29) is 34.3 Å². The van der Waals surface area contributed by atoms with Gasteiger partial charge in [0.25, 0.3) is 5.56 Å². The molecule has 166 valence electrons. The number of nitrogens with zero attached hydrogens (tertiary/aromatic N) is 2. The standard InChI is InChI=1S/C23H25N5O3S/c1-13(2)21(30)25-18-8-6-5-7-17(18)20-22(31)26-23(28-27-20)32-12-19(29)24-16-10-14(3)9-15(4)11-16/h5-11,13H,12H2,1-4H3,(H,24,29)(H,25,30)(H,26,28,31). The summed E-state index contributed by atoms with van der Waals surface area (Å²) >= 11 is 1.08. The fourth-order valence-electron chi connectivity index (χ4n) is 3.02. The Hall–Kier alpha value is -3.46. The van der Waals surface area contributed by atoms with Crippen molar-refractivity contribution in [3.63, 3.8) is 0 Å². The molecule has 0 aliphatic heterocycles. The number of aromatic amines is 1. The number of aryl methyl sites for hydroxylation is 2. The van der Waals surface area contributed by atoms with Crippen molar-refractivity contribution in [1.82, 2.24) is 15.2 Å². The van der Waals surface area contributed by atoms with E-state index in [1.54, 1.807) is 38.1 Å². The highest BCUT2D eigenvalue weighted by atomic mass is 32.2. The van der Waals surface area contributed by atoms with Crippen molar-refractivity contribution >= 4 is 35.0 Å². The Morgan fingerprint density at radius 2 is 1.72 bits per heavy atom. The van der Waals surface area contributed by atoms with Crippen LogP contribution in [0.15, 0.2) is 52.4 Å². The topological polar surface area (TPSA) is 117 Å². The number of benzene rings is 2. The average molecular weight is 452 g/mol. The molecule has 0 fully saturated rings. The molecule has 2 aromatic carbocycles. The van der Waals surface area contributed by atoms with Gasteiger partial charge >= 0.3 is 0 Å². The van der Waals surface area contributed by atoms with Gasteiger partial charge in [0.2, 0.25) is 11.8 Å². The molecule has 0 aliphatic rings. The Morgan fingerprint density at radius 1 is 1.03 bits per heavy atom. The van der Waals surface area contributed by atoms with Crippen LogP contribution < -0.4 is 16.2 Å². The molecule has 0 atom stereocenters. The van der Waals surface area contributed by atoms with E-state index in [2.05, 4.69) is 25.8 Å². The Balaban J connectivity index is 1.70. The van der Waals surface area contributed by atoms with Crippen LogP contribution in [0.2, 0.25) is 0 Å². The monoisotopic (exact) mass is 451 g/mol. The van der Waals surface area contributed by atoms with Gasteiger partial charge in [-0.1, -0.05) is 49.9 Å². The molecule has 2 amide bonds. The molecule has 0 saturated carbocycles. The van der Waals surface area contributed by atoms with Crippen LogP contribution in [0.5, 0.6) is 0 Å². The molecule has 1 heterocycles. The van der Waals surface area contributed by atoms with Crippen molar-refractivity contribution in [3.05, 3.63) is 63.9 Å². The van der Waals surface area contributed by atoms with Crippen molar-refractivity contribution in [1.29, 1.82) is 0 Å². The number of aromatic nitrogens is 3. The van der Waals surface area contributed by atoms with Crippen LogP contribution in [0.1, 0.15) is 25.0 Å². The van der Waals surface area contributed by atoms with E-state index in [4.69, 9.17) is 0 Å². The molecule has 8 nitrogen and oxygen atoms in total. The second-order valence-electron chi connectivity index (χ2n) is 7.71. The molecule has 0 unspecified atom stereocenters. The zero-order valence-electron chi connectivity index (χ0n) is 18.4. The van der Waals surface area contributed by atoms with Gasteiger partial charge in [0.15, 0.2) is 10.9 Å². The number of hydrogen-bond acceptors (Lipinski definition) is 6. The van der Waals surface area contributed by atoms with Gasteiger partial charge in [-0.15, -0.1) is 10.2 Å². The first-order valence-corrected chi connectivity index (χ1v) is 11.1. The predicted octanol–water partition coefficient (Wildman–Crippen LogP) is 3.77. The van der Waals surface area contributed by atoms with E-state index in [9.17, 15) is 14.4 Å². The van der Waals surface area contributed by atoms with Gasteiger partial charge in [-0.3, -0.25) is 19.4 Å². The Kier molecular flexibility index (Phi) is 7.42. The predicted molar refractivity (Wildman–Crippen MR) is 127 cm³/mol. The number of anilines is 2.